The van der Waals surface area contributed by atoms with E-state index in [9.17, 15) is 14.4 Å². The summed E-state index contributed by atoms with van der Waals surface area (Å²) >= 11 is 0. The van der Waals surface area contributed by atoms with Gasteiger partial charge in [-0.15, -0.1) is 0 Å². The van der Waals surface area contributed by atoms with Crippen LogP contribution in [0.15, 0.2) is 35.1 Å². The summed E-state index contributed by atoms with van der Waals surface area (Å²) in [5.74, 6) is 0.587. The third-order valence-corrected chi connectivity index (χ3v) is 4.91. The van der Waals surface area contributed by atoms with E-state index >= 15 is 0 Å². The van der Waals surface area contributed by atoms with Gasteiger partial charge in [0.15, 0.2) is 0 Å². The zero-order valence-electron chi connectivity index (χ0n) is 14.8. The molecule has 0 saturated carbocycles. The van der Waals surface area contributed by atoms with Gasteiger partial charge < -0.3 is 14.5 Å². The number of amides is 2. The lowest BCUT2D eigenvalue weighted by Gasteiger charge is -2.34. The molecule has 1 saturated heterocycles. The minimum atomic E-state index is -0.350. The number of carbonyl (C=O) groups is 2. The molecule has 8 nitrogen and oxygen atoms in total. The number of fused-ring (bicyclic) bond motifs is 1. The van der Waals surface area contributed by atoms with Crippen molar-refractivity contribution in [2.24, 2.45) is 0 Å². The number of nitrogens with one attached hydrogen (secondary N) is 1. The number of ether oxygens (including phenoxy) is 1. The molecular weight excluding hydrogens is 348 g/mol. The minimum absolute atomic E-state index is 0.0300. The molecule has 1 fully saturated rings. The van der Waals surface area contributed by atoms with Crippen molar-refractivity contribution >= 4 is 11.8 Å². The summed E-state index contributed by atoms with van der Waals surface area (Å²) in [5.41, 5.74) is 1.58. The second-order valence-electron chi connectivity index (χ2n) is 6.67. The molecular formula is C19H20N4O4. The molecule has 2 aliphatic rings. The first-order valence-corrected chi connectivity index (χ1v) is 9.02. The Morgan fingerprint density at radius 1 is 1.00 bits per heavy atom. The van der Waals surface area contributed by atoms with E-state index in [1.54, 1.807) is 15.9 Å². The molecule has 140 valence electrons. The number of benzene rings is 1. The van der Waals surface area contributed by atoms with Crippen LogP contribution in [-0.4, -0.2) is 64.6 Å². The molecule has 2 aromatic rings. The molecule has 8 heteroatoms. The van der Waals surface area contributed by atoms with E-state index in [0.29, 0.717) is 31.7 Å². The van der Waals surface area contributed by atoms with E-state index in [-0.39, 0.29) is 23.1 Å². The summed E-state index contributed by atoms with van der Waals surface area (Å²) in [5, 5.41) is 6.04. The van der Waals surface area contributed by atoms with Crippen molar-refractivity contribution in [3.63, 3.8) is 0 Å². The number of hydrogen-bond acceptors (Lipinski definition) is 5. The van der Waals surface area contributed by atoms with Gasteiger partial charge in [-0.3, -0.25) is 14.4 Å². The highest BCUT2D eigenvalue weighted by Gasteiger charge is 2.26. The lowest BCUT2D eigenvalue weighted by atomic mass is 10.0. The quantitative estimate of drug-likeness (QED) is 0.842. The standard InChI is InChI=1S/C19H20N4O4/c24-17-6-4-15(20-21-17)19(26)23-9-7-22(8-10-23)18(25)14-3-5-16-13(12-14)2-1-11-27-16/h3-6,12H,1-2,7-11H2,(H,21,24). The number of nitrogens with zero attached hydrogens (tertiary/aromatic N) is 3. The van der Waals surface area contributed by atoms with Crippen molar-refractivity contribution in [1.29, 1.82) is 0 Å². The fraction of sp³-hybridized carbons (Fsp3) is 0.368. The van der Waals surface area contributed by atoms with Crippen molar-refractivity contribution in [2.45, 2.75) is 12.8 Å². The third-order valence-electron chi connectivity index (χ3n) is 4.91. The Kier molecular flexibility index (Phi) is 4.62. The van der Waals surface area contributed by atoms with Crippen molar-refractivity contribution in [2.75, 3.05) is 32.8 Å². The van der Waals surface area contributed by atoms with Crippen LogP contribution in [0, 0.1) is 0 Å². The van der Waals surface area contributed by atoms with Gasteiger partial charge in [0.1, 0.15) is 11.4 Å². The Morgan fingerprint density at radius 2 is 1.74 bits per heavy atom. The van der Waals surface area contributed by atoms with E-state index < -0.39 is 0 Å². The van der Waals surface area contributed by atoms with E-state index in [0.717, 1.165) is 30.8 Å². The van der Waals surface area contributed by atoms with Gasteiger partial charge in [0, 0.05) is 37.8 Å². The lowest BCUT2D eigenvalue weighted by Crippen LogP contribution is -2.50. The molecule has 27 heavy (non-hydrogen) atoms. The van der Waals surface area contributed by atoms with Gasteiger partial charge in [0.05, 0.1) is 6.61 Å². The van der Waals surface area contributed by atoms with Crippen LogP contribution in [0.3, 0.4) is 0 Å². The van der Waals surface area contributed by atoms with E-state index in [4.69, 9.17) is 4.74 Å². The van der Waals surface area contributed by atoms with Crippen molar-refractivity contribution < 1.29 is 14.3 Å². The first kappa shape index (κ1) is 17.3. The smallest absolute Gasteiger partial charge is 0.274 e. The second-order valence-corrected chi connectivity index (χ2v) is 6.67. The van der Waals surface area contributed by atoms with Gasteiger partial charge in [-0.1, -0.05) is 0 Å². The summed E-state index contributed by atoms with van der Waals surface area (Å²) in [7, 11) is 0. The molecule has 1 aromatic heterocycles. The summed E-state index contributed by atoms with van der Waals surface area (Å²) in [6.07, 6.45) is 1.88. The molecule has 0 bridgehead atoms. The third kappa shape index (κ3) is 3.55. The van der Waals surface area contributed by atoms with E-state index in [2.05, 4.69) is 10.2 Å². The first-order chi connectivity index (χ1) is 13.1. The summed E-state index contributed by atoms with van der Waals surface area (Å²) in [6.45, 7) is 2.50. The van der Waals surface area contributed by atoms with E-state index in [1.165, 1.54) is 12.1 Å². The zero-order chi connectivity index (χ0) is 18.8. The topological polar surface area (TPSA) is 95.6 Å². The summed E-state index contributed by atoms with van der Waals surface area (Å²) < 4.78 is 5.60. The highest BCUT2D eigenvalue weighted by atomic mass is 16.5. The Bertz CT molecular complexity index is 911. The predicted octanol–water partition coefficient (Wildman–Crippen LogP) is 0.693. The number of aromatic amines is 1. The lowest BCUT2D eigenvalue weighted by molar-refractivity contribution is 0.0531. The molecule has 4 rings (SSSR count). The maximum atomic E-state index is 12.8. The van der Waals surface area contributed by atoms with Crippen molar-refractivity contribution in [3.05, 3.63) is 57.5 Å². The van der Waals surface area contributed by atoms with Crippen LogP contribution >= 0.6 is 0 Å². The van der Waals surface area contributed by atoms with Crippen molar-refractivity contribution in [1.82, 2.24) is 20.0 Å². The van der Waals surface area contributed by atoms with Crippen molar-refractivity contribution in [3.8, 4) is 5.75 Å². The van der Waals surface area contributed by atoms with E-state index in [1.807, 2.05) is 12.1 Å². The minimum Gasteiger partial charge on any atom is -0.493 e. The monoisotopic (exact) mass is 368 g/mol. The average molecular weight is 368 g/mol. The second kappa shape index (κ2) is 7.22. The highest BCUT2D eigenvalue weighted by molar-refractivity contribution is 5.95. The first-order valence-electron chi connectivity index (χ1n) is 9.02. The molecule has 0 spiro atoms. The fourth-order valence-electron chi connectivity index (χ4n) is 3.41. The highest BCUT2D eigenvalue weighted by Crippen LogP contribution is 2.26. The molecule has 3 heterocycles. The predicted molar refractivity (Wildman–Crippen MR) is 96.9 cm³/mol. The Morgan fingerprint density at radius 3 is 2.44 bits per heavy atom. The summed E-state index contributed by atoms with van der Waals surface area (Å²) in [6, 6.07) is 8.27. The van der Waals surface area contributed by atoms with Crippen LogP contribution in [-0.2, 0) is 6.42 Å². The molecule has 0 atom stereocenters. The van der Waals surface area contributed by atoms with Crippen LogP contribution < -0.4 is 10.3 Å². The van der Waals surface area contributed by atoms with Gasteiger partial charge in [-0.05, 0) is 42.7 Å². The number of carbonyl (C=O) groups excluding carboxylic acids is 2. The number of aryl methyl sites for hydroxylation is 1. The molecule has 2 amide bonds. The zero-order valence-corrected chi connectivity index (χ0v) is 14.8. The van der Waals surface area contributed by atoms with Gasteiger partial charge in [0.2, 0.25) is 0 Å². The number of aromatic nitrogens is 2. The van der Waals surface area contributed by atoms with Crippen LogP contribution in [0.5, 0.6) is 5.75 Å². The molecule has 0 unspecified atom stereocenters. The fourth-order valence-corrected chi connectivity index (χ4v) is 3.41. The van der Waals surface area contributed by atoms with Gasteiger partial charge >= 0.3 is 0 Å². The van der Waals surface area contributed by atoms with Crippen LogP contribution in [0.2, 0.25) is 0 Å². The normalized spacial score (nSPS) is 16.4. The Labute approximate surface area is 155 Å². The maximum Gasteiger partial charge on any atom is 0.274 e. The number of rotatable bonds is 2. The molecule has 2 aliphatic heterocycles. The molecule has 1 N–H and O–H groups in total. The maximum absolute atomic E-state index is 12.8. The van der Waals surface area contributed by atoms with Crippen LogP contribution in [0.4, 0.5) is 0 Å². The molecule has 0 aliphatic carbocycles. The molecule has 1 aromatic carbocycles. The number of H-pyrrole nitrogens is 1. The van der Waals surface area contributed by atoms with Gasteiger partial charge in [-0.2, -0.15) is 5.10 Å². The number of piperazine rings is 1. The average Bonchev–Trinajstić information content (AvgIpc) is 2.73. The Balaban J connectivity index is 1.40. The molecule has 0 radical (unpaired) electrons. The van der Waals surface area contributed by atoms with Gasteiger partial charge in [-0.25, -0.2) is 5.10 Å². The van der Waals surface area contributed by atoms with Gasteiger partial charge in [0.25, 0.3) is 17.4 Å². The number of hydrogen-bond donors (Lipinski definition) is 1. The summed E-state index contributed by atoms with van der Waals surface area (Å²) in [4.78, 5) is 39.7. The SMILES string of the molecule is O=C(c1ccc2c(c1)CCCO2)N1CCN(C(=O)c2ccc(=O)[nH]n2)CC1. The van der Waals surface area contributed by atoms with Crippen LogP contribution in [0.25, 0.3) is 0 Å². The Hall–Kier alpha value is -3.16. The largest absolute Gasteiger partial charge is 0.493 e. The van der Waals surface area contributed by atoms with Crippen LogP contribution in [0.1, 0.15) is 32.8 Å².